The van der Waals surface area contributed by atoms with E-state index >= 15 is 0 Å². The highest BCUT2D eigenvalue weighted by atomic mass is 16.4. The van der Waals surface area contributed by atoms with Crippen LogP contribution in [0.5, 0.6) is 0 Å². The fourth-order valence-electron chi connectivity index (χ4n) is 2.78. The van der Waals surface area contributed by atoms with Crippen LogP contribution >= 0.6 is 0 Å². The molecule has 3 heteroatoms. The number of hydrogen-bond donors (Lipinski definition) is 1. The Labute approximate surface area is 102 Å². The number of benzene rings is 1. The minimum atomic E-state index is -0.676. The van der Waals surface area contributed by atoms with Crippen molar-refractivity contribution in [2.75, 3.05) is 20.1 Å². The van der Waals surface area contributed by atoms with Gasteiger partial charge in [0.05, 0.1) is 5.92 Å². The molecular weight excluding hydrogens is 214 g/mol. The molecule has 1 aromatic carbocycles. The van der Waals surface area contributed by atoms with Gasteiger partial charge in [-0.25, -0.2) is 0 Å². The van der Waals surface area contributed by atoms with Gasteiger partial charge in [0, 0.05) is 19.0 Å². The largest absolute Gasteiger partial charge is 0.481 e. The first-order valence-electron chi connectivity index (χ1n) is 6.12. The van der Waals surface area contributed by atoms with Gasteiger partial charge in [-0.1, -0.05) is 31.2 Å². The van der Waals surface area contributed by atoms with Crippen molar-refractivity contribution in [3.63, 3.8) is 0 Å². The Balaban J connectivity index is 2.34. The SMILES string of the molecule is CCc1ccccc1C1CN(C)CC1C(=O)O. The van der Waals surface area contributed by atoms with Crippen LogP contribution in [-0.4, -0.2) is 36.1 Å². The number of likely N-dealkylation sites (tertiary alicyclic amines) is 1. The molecule has 1 N–H and O–H groups in total. The first-order valence-corrected chi connectivity index (χ1v) is 6.12. The third-order valence-electron chi connectivity index (χ3n) is 3.66. The molecule has 1 saturated heterocycles. The minimum absolute atomic E-state index is 0.133. The van der Waals surface area contributed by atoms with Gasteiger partial charge >= 0.3 is 5.97 Å². The predicted octanol–water partition coefficient (Wildman–Crippen LogP) is 1.98. The lowest BCUT2D eigenvalue weighted by molar-refractivity contribution is -0.141. The van der Waals surface area contributed by atoms with E-state index in [1.54, 1.807) is 0 Å². The standard InChI is InChI=1S/C14H19NO2/c1-3-10-6-4-5-7-11(10)12-8-15(2)9-13(12)14(16)17/h4-7,12-13H,3,8-9H2,1-2H3,(H,16,17). The molecule has 0 amide bonds. The maximum atomic E-state index is 11.3. The highest BCUT2D eigenvalue weighted by molar-refractivity contribution is 5.72. The van der Waals surface area contributed by atoms with E-state index in [1.165, 1.54) is 11.1 Å². The average molecular weight is 233 g/mol. The monoisotopic (exact) mass is 233 g/mol. The first kappa shape index (κ1) is 12.1. The van der Waals surface area contributed by atoms with E-state index in [-0.39, 0.29) is 11.8 Å². The molecule has 1 aliphatic rings. The summed E-state index contributed by atoms with van der Waals surface area (Å²) < 4.78 is 0. The quantitative estimate of drug-likeness (QED) is 0.867. The Morgan fingerprint density at radius 1 is 1.41 bits per heavy atom. The molecule has 92 valence electrons. The number of aryl methyl sites for hydroxylation is 1. The Morgan fingerprint density at radius 3 is 2.76 bits per heavy atom. The summed E-state index contributed by atoms with van der Waals surface area (Å²) in [4.78, 5) is 13.4. The minimum Gasteiger partial charge on any atom is -0.481 e. The van der Waals surface area contributed by atoms with Gasteiger partial charge in [-0.05, 0) is 24.6 Å². The maximum absolute atomic E-state index is 11.3. The highest BCUT2D eigenvalue weighted by Gasteiger charge is 2.37. The molecule has 1 fully saturated rings. The van der Waals surface area contributed by atoms with E-state index in [4.69, 9.17) is 0 Å². The molecule has 0 radical (unpaired) electrons. The normalized spacial score (nSPS) is 25.1. The Bertz CT molecular complexity index is 416. The first-order chi connectivity index (χ1) is 8.13. The van der Waals surface area contributed by atoms with Crippen LogP contribution in [0.25, 0.3) is 0 Å². The van der Waals surface area contributed by atoms with Crippen LogP contribution in [0.2, 0.25) is 0 Å². The lowest BCUT2D eigenvalue weighted by Crippen LogP contribution is -2.22. The number of likely N-dealkylation sites (N-methyl/N-ethyl adjacent to an activating group) is 1. The van der Waals surface area contributed by atoms with E-state index in [1.807, 2.05) is 19.2 Å². The Hall–Kier alpha value is -1.35. The third-order valence-corrected chi connectivity index (χ3v) is 3.66. The molecule has 3 nitrogen and oxygen atoms in total. The van der Waals surface area contributed by atoms with Crippen LogP contribution in [0.15, 0.2) is 24.3 Å². The summed E-state index contributed by atoms with van der Waals surface area (Å²) in [5.41, 5.74) is 2.49. The van der Waals surface area contributed by atoms with Crippen molar-refractivity contribution in [2.24, 2.45) is 5.92 Å². The molecule has 1 heterocycles. The zero-order valence-corrected chi connectivity index (χ0v) is 10.4. The highest BCUT2D eigenvalue weighted by Crippen LogP contribution is 2.34. The van der Waals surface area contributed by atoms with Gasteiger partial charge in [0.2, 0.25) is 0 Å². The molecule has 17 heavy (non-hydrogen) atoms. The fourth-order valence-corrected chi connectivity index (χ4v) is 2.78. The average Bonchev–Trinajstić information content (AvgIpc) is 2.71. The summed E-state index contributed by atoms with van der Waals surface area (Å²) in [5.74, 6) is -0.813. The molecular formula is C14H19NO2. The van der Waals surface area contributed by atoms with Crippen molar-refractivity contribution in [2.45, 2.75) is 19.3 Å². The summed E-state index contributed by atoms with van der Waals surface area (Å²) in [5, 5.41) is 9.30. The van der Waals surface area contributed by atoms with Crippen molar-refractivity contribution in [1.82, 2.24) is 4.90 Å². The van der Waals surface area contributed by atoms with Crippen molar-refractivity contribution < 1.29 is 9.90 Å². The topological polar surface area (TPSA) is 40.5 Å². The second kappa shape index (κ2) is 4.88. The smallest absolute Gasteiger partial charge is 0.308 e. The molecule has 1 aromatic rings. The van der Waals surface area contributed by atoms with Gasteiger partial charge in [-0.15, -0.1) is 0 Å². The van der Waals surface area contributed by atoms with E-state index in [0.29, 0.717) is 6.54 Å². The summed E-state index contributed by atoms with van der Waals surface area (Å²) in [6.45, 7) is 3.61. The van der Waals surface area contributed by atoms with Gasteiger partial charge in [0.15, 0.2) is 0 Å². The molecule has 0 bridgehead atoms. The van der Waals surface area contributed by atoms with Crippen LogP contribution in [0.3, 0.4) is 0 Å². The Morgan fingerprint density at radius 2 is 2.12 bits per heavy atom. The van der Waals surface area contributed by atoms with Crippen LogP contribution in [0, 0.1) is 5.92 Å². The van der Waals surface area contributed by atoms with Gasteiger partial charge in [0.1, 0.15) is 0 Å². The molecule has 0 aromatic heterocycles. The summed E-state index contributed by atoms with van der Waals surface area (Å²) >= 11 is 0. The van der Waals surface area contributed by atoms with Gasteiger partial charge in [0.25, 0.3) is 0 Å². The number of carboxylic acids is 1. The lowest BCUT2D eigenvalue weighted by atomic mass is 9.85. The van der Waals surface area contributed by atoms with Crippen LogP contribution in [0.4, 0.5) is 0 Å². The number of nitrogens with zero attached hydrogens (tertiary/aromatic N) is 1. The number of rotatable bonds is 3. The van der Waals surface area contributed by atoms with Crippen LogP contribution in [-0.2, 0) is 11.2 Å². The predicted molar refractivity (Wildman–Crippen MR) is 67.2 cm³/mol. The summed E-state index contributed by atoms with van der Waals surface area (Å²) in [6.07, 6.45) is 0.961. The van der Waals surface area contributed by atoms with Crippen molar-refractivity contribution in [1.29, 1.82) is 0 Å². The Kier molecular flexibility index (Phi) is 3.48. The van der Waals surface area contributed by atoms with Gasteiger partial charge < -0.3 is 10.0 Å². The second-order valence-electron chi connectivity index (χ2n) is 4.82. The van der Waals surface area contributed by atoms with Crippen LogP contribution < -0.4 is 0 Å². The summed E-state index contributed by atoms with van der Waals surface area (Å²) in [6, 6.07) is 8.22. The molecule has 0 aliphatic carbocycles. The summed E-state index contributed by atoms with van der Waals surface area (Å²) in [7, 11) is 1.99. The molecule has 2 atom stereocenters. The van der Waals surface area contributed by atoms with E-state index in [2.05, 4.69) is 24.0 Å². The number of carbonyl (C=O) groups is 1. The third kappa shape index (κ3) is 2.34. The number of aliphatic carboxylic acids is 1. The van der Waals surface area contributed by atoms with E-state index in [9.17, 15) is 9.90 Å². The van der Waals surface area contributed by atoms with Crippen LogP contribution in [0.1, 0.15) is 24.0 Å². The zero-order chi connectivity index (χ0) is 12.4. The van der Waals surface area contributed by atoms with Gasteiger partial charge in [-0.2, -0.15) is 0 Å². The second-order valence-corrected chi connectivity index (χ2v) is 4.82. The molecule has 0 saturated carbocycles. The van der Waals surface area contributed by atoms with Crippen molar-refractivity contribution >= 4 is 5.97 Å². The number of hydrogen-bond acceptors (Lipinski definition) is 2. The van der Waals surface area contributed by atoms with E-state index in [0.717, 1.165) is 13.0 Å². The molecule has 0 spiro atoms. The fraction of sp³-hybridized carbons (Fsp3) is 0.500. The molecule has 1 aliphatic heterocycles. The lowest BCUT2D eigenvalue weighted by Gasteiger charge is -2.18. The van der Waals surface area contributed by atoms with Crippen molar-refractivity contribution in [3.8, 4) is 0 Å². The molecule has 2 rings (SSSR count). The van der Waals surface area contributed by atoms with E-state index < -0.39 is 5.97 Å². The number of carboxylic acid groups (broad SMARTS) is 1. The molecule has 2 unspecified atom stereocenters. The maximum Gasteiger partial charge on any atom is 0.308 e. The zero-order valence-electron chi connectivity index (χ0n) is 10.4. The van der Waals surface area contributed by atoms with Crippen molar-refractivity contribution in [3.05, 3.63) is 35.4 Å². The van der Waals surface area contributed by atoms with Gasteiger partial charge in [-0.3, -0.25) is 4.79 Å².